The number of sulfonamides is 1. The van der Waals surface area contributed by atoms with Crippen LogP contribution in [0.4, 0.5) is 13.2 Å². The summed E-state index contributed by atoms with van der Waals surface area (Å²) in [5, 5.41) is 14.7. The average molecular weight is 570 g/mol. The number of pyridine rings is 1. The SMILES string of the molecule is N=C(N)c1cccc(CN2CC[C@H](NS(=O)(=O)c3ccc(-c4ccccn4)s3)C2=O)c1.O=C(O)C(F)(F)F. The van der Waals surface area contributed by atoms with E-state index < -0.39 is 28.2 Å². The summed E-state index contributed by atoms with van der Waals surface area (Å²) in [6.07, 6.45) is -3.04. The molecule has 1 amide bonds. The molecule has 3 heterocycles. The number of nitrogens with two attached hydrogens (primary N) is 1. The van der Waals surface area contributed by atoms with Gasteiger partial charge in [0.1, 0.15) is 16.1 Å². The number of nitrogens with zero attached hydrogens (tertiary/aromatic N) is 2. The van der Waals surface area contributed by atoms with Crippen molar-refractivity contribution >= 4 is 39.1 Å². The lowest BCUT2D eigenvalue weighted by Gasteiger charge is -2.17. The molecule has 2 aromatic heterocycles. The number of aromatic nitrogens is 1. The number of alkyl halides is 3. The van der Waals surface area contributed by atoms with Crippen LogP contribution in [-0.4, -0.2) is 59.9 Å². The standard InChI is InChI=1S/C21H21N5O3S2.C2HF3O2/c22-20(23)15-5-3-4-14(12-15)13-26-11-9-17(21(26)27)25-31(28,29)19-8-7-18(30-19)16-6-1-2-10-24-16;3-2(4,5)1(6)7/h1-8,10,12,17,25H,9,11,13H2,(H3,22,23);(H,6,7)/t17-;/m0./s1. The van der Waals surface area contributed by atoms with Gasteiger partial charge in [-0.2, -0.15) is 17.9 Å². The Balaban J connectivity index is 0.000000505. The van der Waals surface area contributed by atoms with Crippen LogP contribution in [0, 0.1) is 5.41 Å². The van der Waals surface area contributed by atoms with Gasteiger partial charge >= 0.3 is 12.1 Å². The summed E-state index contributed by atoms with van der Waals surface area (Å²) in [5.74, 6) is -3.06. The minimum Gasteiger partial charge on any atom is -0.475 e. The second kappa shape index (κ2) is 11.7. The Bertz CT molecular complexity index is 1430. The van der Waals surface area contributed by atoms with Gasteiger partial charge in [0.2, 0.25) is 5.91 Å². The maximum Gasteiger partial charge on any atom is 0.490 e. The van der Waals surface area contributed by atoms with Crippen LogP contribution in [-0.2, 0) is 26.2 Å². The van der Waals surface area contributed by atoms with Crippen LogP contribution in [0.1, 0.15) is 17.5 Å². The summed E-state index contributed by atoms with van der Waals surface area (Å²) in [6, 6.07) is 15.0. The van der Waals surface area contributed by atoms with Crippen LogP contribution >= 0.6 is 11.3 Å². The number of carbonyl (C=O) groups is 2. The van der Waals surface area contributed by atoms with Crippen molar-refractivity contribution in [3.8, 4) is 10.6 Å². The summed E-state index contributed by atoms with van der Waals surface area (Å²) < 4.78 is 60.1. The number of likely N-dealkylation sites (tertiary alicyclic amines) is 1. The Hall–Kier alpha value is -3.82. The average Bonchev–Trinajstić information content (AvgIpc) is 3.48. The monoisotopic (exact) mass is 569 g/mol. The first-order valence-corrected chi connectivity index (χ1v) is 13.1. The molecule has 0 unspecified atom stereocenters. The van der Waals surface area contributed by atoms with Crippen molar-refractivity contribution in [2.75, 3.05) is 6.54 Å². The minimum absolute atomic E-state index is 0.0405. The minimum atomic E-state index is -5.08. The molecule has 0 bridgehead atoms. The third-order valence-electron chi connectivity index (χ3n) is 5.21. The number of thiophene rings is 1. The van der Waals surface area contributed by atoms with Gasteiger partial charge in [-0.25, -0.2) is 13.2 Å². The number of amides is 1. The van der Waals surface area contributed by atoms with Crippen LogP contribution in [0.2, 0.25) is 0 Å². The first-order chi connectivity index (χ1) is 17.8. The molecule has 0 saturated carbocycles. The zero-order valence-corrected chi connectivity index (χ0v) is 21.1. The molecule has 38 heavy (non-hydrogen) atoms. The number of nitrogen functional groups attached to an aromatic ring is 1. The molecule has 4 rings (SSSR count). The first kappa shape index (κ1) is 28.7. The number of amidine groups is 1. The van der Waals surface area contributed by atoms with E-state index in [0.29, 0.717) is 30.8 Å². The number of carboxylic acids is 1. The van der Waals surface area contributed by atoms with Crippen molar-refractivity contribution in [3.63, 3.8) is 0 Å². The highest BCUT2D eigenvalue weighted by Gasteiger charge is 2.38. The number of nitrogens with one attached hydrogen (secondary N) is 2. The third-order valence-corrected chi connectivity index (χ3v) is 8.28. The second-order valence-corrected chi connectivity index (χ2v) is 11.0. The number of carboxylic acid groups (broad SMARTS) is 1. The normalized spacial score (nSPS) is 15.6. The summed E-state index contributed by atoms with van der Waals surface area (Å²) in [4.78, 5) is 28.3. The summed E-state index contributed by atoms with van der Waals surface area (Å²) >= 11 is 1.12. The predicted octanol–water partition coefficient (Wildman–Crippen LogP) is 2.81. The van der Waals surface area contributed by atoms with Crippen molar-refractivity contribution in [2.45, 2.75) is 29.4 Å². The molecule has 15 heteroatoms. The van der Waals surface area contributed by atoms with Gasteiger partial charge in [-0.1, -0.05) is 24.3 Å². The Morgan fingerprint density at radius 1 is 1.21 bits per heavy atom. The van der Waals surface area contributed by atoms with Gasteiger partial charge in [0.05, 0.1) is 10.6 Å². The first-order valence-electron chi connectivity index (χ1n) is 10.8. The summed E-state index contributed by atoms with van der Waals surface area (Å²) in [5.41, 5.74) is 7.65. The Labute approximate surface area is 219 Å². The zero-order valence-electron chi connectivity index (χ0n) is 19.5. The van der Waals surface area contributed by atoms with Gasteiger partial charge in [-0.05, 0) is 42.3 Å². The van der Waals surface area contributed by atoms with Crippen molar-refractivity contribution in [2.24, 2.45) is 5.73 Å². The van der Waals surface area contributed by atoms with Gasteiger partial charge in [0.15, 0.2) is 0 Å². The summed E-state index contributed by atoms with van der Waals surface area (Å²) in [7, 11) is -3.83. The highest BCUT2D eigenvalue weighted by atomic mass is 32.2. The highest BCUT2D eigenvalue weighted by Crippen LogP contribution is 2.30. The molecule has 3 aromatic rings. The molecule has 10 nitrogen and oxygen atoms in total. The quantitative estimate of drug-likeness (QED) is 0.251. The van der Waals surface area contributed by atoms with Crippen molar-refractivity contribution in [1.82, 2.24) is 14.6 Å². The van der Waals surface area contributed by atoms with Gasteiger partial charge < -0.3 is 15.7 Å². The molecular weight excluding hydrogens is 547 g/mol. The lowest BCUT2D eigenvalue weighted by molar-refractivity contribution is -0.192. The molecule has 1 aliphatic rings. The van der Waals surface area contributed by atoms with Crippen molar-refractivity contribution in [1.29, 1.82) is 5.41 Å². The fourth-order valence-corrected chi connectivity index (χ4v) is 5.94. The molecule has 5 N–H and O–H groups in total. The number of halogens is 3. The fourth-order valence-electron chi connectivity index (χ4n) is 3.42. The number of aliphatic carboxylic acids is 1. The van der Waals surface area contributed by atoms with Gasteiger partial charge in [-0.3, -0.25) is 15.2 Å². The van der Waals surface area contributed by atoms with Crippen LogP contribution in [0.25, 0.3) is 10.6 Å². The highest BCUT2D eigenvalue weighted by molar-refractivity contribution is 7.91. The second-order valence-electron chi connectivity index (χ2n) is 7.97. The van der Waals surface area contributed by atoms with Crippen LogP contribution in [0.5, 0.6) is 0 Å². The van der Waals surface area contributed by atoms with E-state index in [1.807, 2.05) is 18.2 Å². The number of hydrogen-bond donors (Lipinski definition) is 4. The predicted molar refractivity (Wildman–Crippen MR) is 133 cm³/mol. The van der Waals surface area contributed by atoms with Gasteiger partial charge in [-0.15, -0.1) is 11.3 Å². The van der Waals surface area contributed by atoms with Crippen LogP contribution < -0.4 is 10.5 Å². The van der Waals surface area contributed by atoms with E-state index in [-0.39, 0.29) is 16.0 Å². The van der Waals surface area contributed by atoms with E-state index in [9.17, 15) is 26.4 Å². The van der Waals surface area contributed by atoms with E-state index in [1.54, 1.807) is 41.4 Å². The molecule has 1 atom stereocenters. The summed E-state index contributed by atoms with van der Waals surface area (Å²) in [6.45, 7) is 0.779. The van der Waals surface area contributed by atoms with Crippen molar-refractivity contribution in [3.05, 3.63) is 71.9 Å². The Morgan fingerprint density at radius 2 is 1.92 bits per heavy atom. The molecule has 1 aliphatic heterocycles. The topological polar surface area (TPSA) is 167 Å². The fraction of sp³-hybridized carbons (Fsp3) is 0.217. The molecular formula is C23H22F3N5O5S2. The van der Waals surface area contributed by atoms with E-state index in [1.165, 1.54) is 6.07 Å². The van der Waals surface area contributed by atoms with E-state index >= 15 is 0 Å². The lowest BCUT2D eigenvalue weighted by atomic mass is 10.1. The maximum atomic E-state index is 12.8. The lowest BCUT2D eigenvalue weighted by Crippen LogP contribution is -2.41. The number of rotatable bonds is 7. The van der Waals surface area contributed by atoms with Gasteiger partial charge in [0, 0.05) is 24.8 Å². The molecule has 0 aliphatic carbocycles. The maximum absolute atomic E-state index is 12.8. The van der Waals surface area contributed by atoms with Crippen LogP contribution in [0.3, 0.4) is 0 Å². The Kier molecular flexibility index (Phi) is 8.85. The Morgan fingerprint density at radius 3 is 2.53 bits per heavy atom. The smallest absolute Gasteiger partial charge is 0.475 e. The zero-order chi connectivity index (χ0) is 28.1. The number of carbonyl (C=O) groups excluding carboxylic acids is 1. The molecule has 0 spiro atoms. The molecule has 1 saturated heterocycles. The van der Waals surface area contributed by atoms with E-state index in [0.717, 1.165) is 21.8 Å². The van der Waals surface area contributed by atoms with Crippen LogP contribution in [0.15, 0.2) is 65.0 Å². The van der Waals surface area contributed by atoms with Crippen molar-refractivity contribution < 1.29 is 36.3 Å². The molecule has 1 fully saturated rings. The number of benzene rings is 1. The van der Waals surface area contributed by atoms with Gasteiger partial charge in [0.25, 0.3) is 10.0 Å². The molecule has 1 aromatic carbocycles. The molecule has 0 radical (unpaired) electrons. The van der Waals surface area contributed by atoms with E-state index in [4.69, 9.17) is 21.0 Å². The molecule has 202 valence electrons. The third kappa shape index (κ3) is 7.36. The van der Waals surface area contributed by atoms with E-state index in [2.05, 4.69) is 9.71 Å². The largest absolute Gasteiger partial charge is 0.490 e. The number of hydrogen-bond acceptors (Lipinski definition) is 7.